The van der Waals surface area contributed by atoms with Crippen molar-refractivity contribution in [2.75, 3.05) is 11.9 Å². The summed E-state index contributed by atoms with van der Waals surface area (Å²) in [5.74, 6) is 0.358. The van der Waals surface area contributed by atoms with Crippen LogP contribution >= 0.6 is 27.7 Å². The fourth-order valence-electron chi connectivity index (χ4n) is 4.94. The molecule has 39 heavy (non-hydrogen) atoms. The van der Waals surface area contributed by atoms with Gasteiger partial charge < -0.3 is 19.9 Å². The molecule has 0 amide bonds. The molecular formula is C28H30BrFN4O4S. The van der Waals surface area contributed by atoms with E-state index >= 15 is 0 Å². The van der Waals surface area contributed by atoms with Crippen LogP contribution in [0.3, 0.4) is 0 Å². The fourth-order valence-corrected chi connectivity index (χ4v) is 6.21. The Morgan fingerprint density at radius 2 is 2.03 bits per heavy atom. The second kappa shape index (κ2) is 12.0. The predicted octanol–water partition coefficient (Wildman–Crippen LogP) is 6.74. The Hall–Kier alpha value is -3.05. The zero-order valence-corrected chi connectivity index (χ0v) is 24.1. The van der Waals surface area contributed by atoms with E-state index in [0.29, 0.717) is 50.3 Å². The van der Waals surface area contributed by atoms with Gasteiger partial charge in [-0.2, -0.15) is 4.98 Å². The van der Waals surface area contributed by atoms with Crippen LogP contribution in [0.2, 0.25) is 0 Å². The van der Waals surface area contributed by atoms with Crippen LogP contribution in [0.25, 0.3) is 0 Å². The minimum absolute atomic E-state index is 0.0264. The van der Waals surface area contributed by atoms with Crippen LogP contribution in [0, 0.1) is 5.82 Å². The van der Waals surface area contributed by atoms with Gasteiger partial charge in [0.2, 0.25) is 11.1 Å². The first-order valence-electron chi connectivity index (χ1n) is 13.0. The summed E-state index contributed by atoms with van der Waals surface area (Å²) >= 11 is 4.73. The standard InChI is InChI=1S/C28H30BrFN4O4S/c1-3-37-22-14-18(13-20(29)25(22)35)24-23(26(36)38-19-10-5-4-6-11-19)16(2)31-27-32-28(33-34(24)27)39-15-17-9-7-8-12-21(17)30/h7-9,12-14,19,24,35H,3-6,10-11,15H2,1-2H3,(H,31,32,33). The van der Waals surface area contributed by atoms with Gasteiger partial charge in [0.15, 0.2) is 11.5 Å². The average Bonchev–Trinajstić information content (AvgIpc) is 3.32. The Balaban J connectivity index is 1.53. The summed E-state index contributed by atoms with van der Waals surface area (Å²) in [4.78, 5) is 18.3. The number of nitrogens with zero attached hydrogens (tertiary/aromatic N) is 3. The van der Waals surface area contributed by atoms with E-state index < -0.39 is 12.0 Å². The highest BCUT2D eigenvalue weighted by molar-refractivity contribution is 9.10. The smallest absolute Gasteiger partial charge is 0.338 e. The summed E-state index contributed by atoms with van der Waals surface area (Å²) in [6, 6.07) is 9.36. The number of allylic oxidation sites excluding steroid dienone is 1. The van der Waals surface area contributed by atoms with E-state index in [1.807, 2.05) is 13.8 Å². The zero-order chi connectivity index (χ0) is 27.5. The fraction of sp³-hybridized carbons (Fsp3) is 0.393. The lowest BCUT2D eigenvalue weighted by molar-refractivity contribution is -0.146. The molecule has 1 aliphatic carbocycles. The molecule has 1 aromatic heterocycles. The number of phenols is 1. The lowest BCUT2D eigenvalue weighted by atomic mass is 9.94. The predicted molar refractivity (Wildman–Crippen MR) is 150 cm³/mol. The zero-order valence-electron chi connectivity index (χ0n) is 21.7. The largest absolute Gasteiger partial charge is 0.503 e. The number of aromatic nitrogens is 3. The summed E-state index contributed by atoms with van der Waals surface area (Å²) in [7, 11) is 0. The molecule has 0 spiro atoms. The van der Waals surface area contributed by atoms with Gasteiger partial charge in [0.25, 0.3) is 0 Å². The Morgan fingerprint density at radius 1 is 1.26 bits per heavy atom. The number of carbonyl (C=O) groups excluding carboxylic acids is 1. The molecule has 2 N–H and O–H groups in total. The monoisotopic (exact) mass is 616 g/mol. The number of ether oxygens (including phenoxy) is 2. The highest BCUT2D eigenvalue weighted by atomic mass is 79.9. The Kier molecular flexibility index (Phi) is 8.46. The molecular weight excluding hydrogens is 587 g/mol. The maximum atomic E-state index is 14.2. The first kappa shape index (κ1) is 27.5. The second-order valence-corrected chi connectivity index (χ2v) is 11.4. The molecule has 1 saturated carbocycles. The van der Waals surface area contributed by atoms with Gasteiger partial charge in [-0.3, -0.25) is 0 Å². The SMILES string of the molecule is CCOc1cc(C2C(C(=O)OC3CCCCC3)=C(C)Nc3nc(SCc4ccccc4F)nn32)cc(Br)c1O. The van der Waals surface area contributed by atoms with Gasteiger partial charge in [-0.1, -0.05) is 36.4 Å². The van der Waals surface area contributed by atoms with Gasteiger partial charge in [0.1, 0.15) is 18.0 Å². The number of nitrogens with one attached hydrogen (secondary N) is 1. The summed E-state index contributed by atoms with van der Waals surface area (Å²) < 4.78 is 27.9. The van der Waals surface area contributed by atoms with Crippen LogP contribution in [0.1, 0.15) is 63.1 Å². The number of halogens is 2. The molecule has 1 aliphatic heterocycles. The van der Waals surface area contributed by atoms with Gasteiger partial charge in [0, 0.05) is 11.4 Å². The van der Waals surface area contributed by atoms with Crippen molar-refractivity contribution in [3.05, 3.63) is 69.1 Å². The van der Waals surface area contributed by atoms with Crippen molar-refractivity contribution in [1.29, 1.82) is 0 Å². The van der Waals surface area contributed by atoms with Crippen molar-refractivity contribution in [3.63, 3.8) is 0 Å². The van der Waals surface area contributed by atoms with Crippen molar-refractivity contribution in [1.82, 2.24) is 14.8 Å². The van der Waals surface area contributed by atoms with E-state index in [2.05, 4.69) is 26.2 Å². The molecule has 2 aliphatic rings. The van der Waals surface area contributed by atoms with E-state index in [1.54, 1.807) is 35.0 Å². The number of thioether (sulfide) groups is 1. The summed E-state index contributed by atoms with van der Waals surface area (Å²) in [6.45, 7) is 4.00. The highest BCUT2D eigenvalue weighted by Gasteiger charge is 2.37. The number of benzene rings is 2. The third-order valence-electron chi connectivity index (χ3n) is 6.86. The summed E-state index contributed by atoms with van der Waals surface area (Å²) in [6.07, 6.45) is 4.80. The van der Waals surface area contributed by atoms with Gasteiger partial charge in [0.05, 0.1) is 16.7 Å². The molecule has 1 unspecified atom stereocenters. The maximum absolute atomic E-state index is 14.2. The van der Waals surface area contributed by atoms with Gasteiger partial charge in [-0.25, -0.2) is 13.9 Å². The minimum Gasteiger partial charge on any atom is -0.503 e. The number of esters is 1. The first-order chi connectivity index (χ1) is 18.9. The molecule has 3 aromatic rings. The lowest BCUT2D eigenvalue weighted by Gasteiger charge is -2.30. The molecule has 11 heteroatoms. The topological polar surface area (TPSA) is 98.5 Å². The van der Waals surface area contributed by atoms with Crippen molar-refractivity contribution < 1.29 is 23.8 Å². The summed E-state index contributed by atoms with van der Waals surface area (Å²) in [5.41, 5.74) is 2.23. The number of fused-ring (bicyclic) bond motifs is 1. The van der Waals surface area contributed by atoms with E-state index in [0.717, 1.165) is 32.1 Å². The van der Waals surface area contributed by atoms with E-state index in [1.165, 1.54) is 17.8 Å². The Bertz CT molecular complexity index is 1410. The van der Waals surface area contributed by atoms with Crippen molar-refractivity contribution in [3.8, 4) is 11.5 Å². The molecule has 5 rings (SSSR count). The van der Waals surface area contributed by atoms with Crippen molar-refractivity contribution in [2.45, 2.75) is 69.0 Å². The number of phenolic OH excluding ortho intramolecular Hbond substituents is 1. The van der Waals surface area contributed by atoms with Crippen molar-refractivity contribution >= 4 is 39.6 Å². The first-order valence-corrected chi connectivity index (χ1v) is 14.8. The Labute approximate surface area is 239 Å². The van der Waals surface area contributed by atoms with Crippen LogP contribution in [-0.2, 0) is 15.3 Å². The van der Waals surface area contributed by atoms with Crippen LogP contribution in [0.15, 0.2) is 57.3 Å². The van der Waals surface area contributed by atoms with Crippen LogP contribution in [0.5, 0.6) is 11.5 Å². The number of hydrogen-bond acceptors (Lipinski definition) is 8. The van der Waals surface area contributed by atoms with Gasteiger partial charge in [-0.05, 0) is 84.8 Å². The third-order valence-corrected chi connectivity index (χ3v) is 8.35. The molecule has 2 aromatic carbocycles. The minimum atomic E-state index is -0.691. The number of carbonyl (C=O) groups is 1. The highest BCUT2D eigenvalue weighted by Crippen LogP contribution is 2.43. The van der Waals surface area contributed by atoms with E-state index in [-0.39, 0.29) is 23.4 Å². The molecule has 8 nitrogen and oxygen atoms in total. The molecule has 0 radical (unpaired) electrons. The van der Waals surface area contributed by atoms with E-state index in [9.17, 15) is 14.3 Å². The van der Waals surface area contributed by atoms with E-state index in [4.69, 9.17) is 14.6 Å². The molecule has 0 bridgehead atoms. The number of aromatic hydroxyl groups is 1. The van der Waals surface area contributed by atoms with Crippen LogP contribution < -0.4 is 10.1 Å². The molecule has 1 fully saturated rings. The maximum Gasteiger partial charge on any atom is 0.338 e. The van der Waals surface area contributed by atoms with Crippen LogP contribution in [-0.4, -0.2) is 38.6 Å². The second-order valence-electron chi connectivity index (χ2n) is 9.56. The van der Waals surface area contributed by atoms with Gasteiger partial charge >= 0.3 is 5.97 Å². The molecule has 2 heterocycles. The number of anilines is 1. The molecule has 206 valence electrons. The van der Waals surface area contributed by atoms with Crippen molar-refractivity contribution in [2.24, 2.45) is 0 Å². The molecule has 1 atom stereocenters. The molecule has 0 saturated heterocycles. The lowest BCUT2D eigenvalue weighted by Crippen LogP contribution is -2.32. The Morgan fingerprint density at radius 3 is 2.77 bits per heavy atom. The summed E-state index contributed by atoms with van der Waals surface area (Å²) in [5, 5.41) is 18.9. The van der Waals surface area contributed by atoms with Gasteiger partial charge in [-0.15, -0.1) is 5.10 Å². The quantitative estimate of drug-likeness (QED) is 0.212. The normalized spacial score (nSPS) is 17.5. The third kappa shape index (κ3) is 5.94. The number of hydrogen-bond donors (Lipinski definition) is 2. The number of rotatable bonds is 8. The average molecular weight is 618 g/mol. The van der Waals surface area contributed by atoms with Crippen LogP contribution in [0.4, 0.5) is 10.3 Å².